The molecule has 2 atom stereocenters. The van der Waals surface area contributed by atoms with Crippen molar-refractivity contribution in [2.24, 2.45) is 7.05 Å². The fourth-order valence-electron chi connectivity index (χ4n) is 4.38. The zero-order valence-corrected chi connectivity index (χ0v) is 18.2. The summed E-state index contributed by atoms with van der Waals surface area (Å²) in [7, 11) is 1.72. The lowest BCUT2D eigenvalue weighted by molar-refractivity contribution is 0.0905. The maximum absolute atomic E-state index is 14.3. The van der Waals surface area contributed by atoms with Gasteiger partial charge >= 0.3 is 0 Å². The predicted molar refractivity (Wildman–Crippen MR) is 113 cm³/mol. The Morgan fingerprint density at radius 1 is 1.23 bits per heavy atom. The second kappa shape index (κ2) is 8.47. The monoisotopic (exact) mass is 492 g/mol. The van der Waals surface area contributed by atoms with Gasteiger partial charge < -0.3 is 10.6 Å². The van der Waals surface area contributed by atoms with E-state index < -0.39 is 28.9 Å². The Hall–Kier alpha value is -2.65. The summed E-state index contributed by atoms with van der Waals surface area (Å²) in [5.74, 6) is -4.40. The minimum absolute atomic E-state index is 0.230. The van der Waals surface area contributed by atoms with Crippen LogP contribution in [0.1, 0.15) is 28.0 Å². The van der Waals surface area contributed by atoms with E-state index in [4.69, 9.17) is 0 Å². The Kier molecular flexibility index (Phi) is 5.90. The summed E-state index contributed by atoms with van der Waals surface area (Å²) < 4.78 is 44.6. The Morgan fingerprint density at radius 3 is 2.52 bits per heavy atom. The van der Waals surface area contributed by atoms with E-state index in [-0.39, 0.29) is 11.5 Å². The molecule has 2 aromatic carbocycles. The number of aromatic nitrogens is 2. The highest BCUT2D eigenvalue weighted by Gasteiger charge is 2.48. The van der Waals surface area contributed by atoms with E-state index in [9.17, 15) is 18.0 Å². The van der Waals surface area contributed by atoms with Gasteiger partial charge in [-0.3, -0.25) is 9.48 Å². The van der Waals surface area contributed by atoms with Gasteiger partial charge in [-0.2, -0.15) is 5.10 Å². The van der Waals surface area contributed by atoms with Crippen LogP contribution in [0.4, 0.5) is 13.2 Å². The van der Waals surface area contributed by atoms with Gasteiger partial charge in [0.25, 0.3) is 5.91 Å². The zero-order valence-electron chi connectivity index (χ0n) is 16.6. The molecule has 1 saturated heterocycles. The van der Waals surface area contributed by atoms with Crippen LogP contribution in [0.25, 0.3) is 0 Å². The molecule has 4 rings (SSSR count). The smallest absolute Gasteiger partial charge is 0.251 e. The van der Waals surface area contributed by atoms with E-state index in [2.05, 4.69) is 31.7 Å². The molecular formula is C22H20BrF3N4O. The summed E-state index contributed by atoms with van der Waals surface area (Å²) in [6.45, 7) is 0.868. The van der Waals surface area contributed by atoms with Gasteiger partial charge in [0.05, 0.1) is 27.8 Å². The maximum Gasteiger partial charge on any atom is 0.251 e. The highest BCUT2D eigenvalue weighted by molar-refractivity contribution is 9.10. The Labute approximate surface area is 185 Å². The number of carbonyl (C=O) groups excluding carboxylic acids is 1. The van der Waals surface area contributed by atoms with E-state index in [1.165, 1.54) is 0 Å². The fourth-order valence-corrected chi connectivity index (χ4v) is 5.08. The lowest BCUT2D eigenvalue weighted by atomic mass is 9.67. The van der Waals surface area contributed by atoms with Crippen molar-refractivity contribution in [1.29, 1.82) is 0 Å². The van der Waals surface area contributed by atoms with E-state index in [0.29, 0.717) is 35.2 Å². The molecule has 31 heavy (non-hydrogen) atoms. The maximum atomic E-state index is 14.3. The number of benzene rings is 2. The number of nitrogens with zero attached hydrogens (tertiary/aromatic N) is 2. The molecule has 2 heterocycles. The fraction of sp³-hybridized carbons (Fsp3) is 0.273. The molecule has 5 nitrogen and oxygen atoms in total. The van der Waals surface area contributed by atoms with Gasteiger partial charge in [0.15, 0.2) is 17.5 Å². The first-order chi connectivity index (χ1) is 14.8. The van der Waals surface area contributed by atoms with E-state index in [0.717, 1.165) is 12.1 Å². The highest BCUT2D eigenvalue weighted by atomic mass is 79.9. The van der Waals surface area contributed by atoms with Gasteiger partial charge in [-0.15, -0.1) is 0 Å². The van der Waals surface area contributed by atoms with Gasteiger partial charge in [-0.25, -0.2) is 13.2 Å². The number of carbonyl (C=O) groups is 1. The van der Waals surface area contributed by atoms with Crippen molar-refractivity contribution in [2.45, 2.75) is 17.9 Å². The Bertz CT molecular complexity index is 1080. The number of amides is 1. The third-order valence-corrected chi connectivity index (χ3v) is 6.38. The molecule has 1 aliphatic heterocycles. The van der Waals surface area contributed by atoms with Crippen molar-refractivity contribution in [3.63, 3.8) is 0 Å². The standard InChI is InChI=1S/C22H20BrF3N4O/c1-30-20(15(23)11-28-30)22(14-9-16(24)19(26)17(25)10-14)7-8-27-12-18(22)29-21(31)13-5-3-2-4-6-13/h2-6,9-11,18,27H,7-8,12H2,1H3,(H,29,31)/t18-,22+/m1/s1. The second-order valence-electron chi connectivity index (χ2n) is 7.54. The van der Waals surface area contributed by atoms with Crippen molar-refractivity contribution in [2.75, 3.05) is 13.1 Å². The quantitative estimate of drug-likeness (QED) is 0.546. The minimum Gasteiger partial charge on any atom is -0.347 e. The van der Waals surface area contributed by atoms with Gasteiger partial charge in [-0.05, 0) is 58.7 Å². The summed E-state index contributed by atoms with van der Waals surface area (Å²) in [5, 5.41) is 10.5. The molecule has 0 spiro atoms. The minimum atomic E-state index is -1.53. The third-order valence-electron chi connectivity index (χ3n) is 5.80. The normalized spacial score (nSPS) is 21.1. The van der Waals surface area contributed by atoms with Crippen LogP contribution in [-0.4, -0.2) is 34.8 Å². The number of hydrogen-bond donors (Lipinski definition) is 2. The van der Waals surface area contributed by atoms with Crippen LogP contribution in [0, 0.1) is 17.5 Å². The molecule has 1 fully saturated rings. The number of piperidine rings is 1. The average Bonchev–Trinajstić information content (AvgIpc) is 3.11. The van der Waals surface area contributed by atoms with Crippen LogP contribution in [0.15, 0.2) is 53.1 Å². The molecular weight excluding hydrogens is 473 g/mol. The van der Waals surface area contributed by atoms with Gasteiger partial charge in [0.1, 0.15) is 0 Å². The summed E-state index contributed by atoms with van der Waals surface area (Å²) >= 11 is 3.50. The molecule has 162 valence electrons. The third kappa shape index (κ3) is 3.76. The topological polar surface area (TPSA) is 59.0 Å². The molecule has 0 radical (unpaired) electrons. The summed E-state index contributed by atoms with van der Waals surface area (Å²) in [6, 6.07) is 10.1. The highest BCUT2D eigenvalue weighted by Crippen LogP contribution is 2.44. The van der Waals surface area contributed by atoms with E-state index in [1.54, 1.807) is 48.3 Å². The van der Waals surface area contributed by atoms with Crippen LogP contribution in [-0.2, 0) is 12.5 Å². The first-order valence-electron chi connectivity index (χ1n) is 9.74. The molecule has 0 bridgehead atoms. The SMILES string of the molecule is Cn1ncc(Br)c1[C@]1(c2cc(F)c(F)c(F)c2)CCNC[C@H]1NC(=O)c1ccccc1. The predicted octanol–water partition coefficient (Wildman–Crippen LogP) is 3.68. The van der Waals surface area contributed by atoms with Gasteiger partial charge in [-0.1, -0.05) is 18.2 Å². The van der Waals surface area contributed by atoms with Crippen LogP contribution < -0.4 is 10.6 Å². The Balaban J connectivity index is 1.89. The summed E-state index contributed by atoms with van der Waals surface area (Å²) in [5.41, 5.74) is 0.267. The van der Waals surface area contributed by atoms with Crippen LogP contribution in [0.3, 0.4) is 0 Å². The van der Waals surface area contributed by atoms with Crippen LogP contribution in [0.5, 0.6) is 0 Å². The van der Waals surface area contributed by atoms with Crippen molar-refractivity contribution in [3.05, 3.63) is 87.4 Å². The number of nitrogens with one attached hydrogen (secondary N) is 2. The molecule has 0 unspecified atom stereocenters. The van der Waals surface area contributed by atoms with Crippen LogP contribution in [0.2, 0.25) is 0 Å². The number of aryl methyl sites for hydroxylation is 1. The van der Waals surface area contributed by atoms with E-state index >= 15 is 0 Å². The summed E-state index contributed by atoms with van der Waals surface area (Å²) in [6.07, 6.45) is 1.99. The first-order valence-corrected chi connectivity index (χ1v) is 10.5. The number of halogens is 4. The molecule has 0 aliphatic carbocycles. The van der Waals surface area contributed by atoms with Gasteiger partial charge in [0.2, 0.25) is 0 Å². The van der Waals surface area contributed by atoms with Crippen molar-refractivity contribution in [3.8, 4) is 0 Å². The zero-order chi connectivity index (χ0) is 22.2. The molecule has 1 amide bonds. The molecule has 9 heteroatoms. The van der Waals surface area contributed by atoms with Crippen molar-refractivity contribution in [1.82, 2.24) is 20.4 Å². The molecule has 0 saturated carbocycles. The Morgan fingerprint density at radius 2 is 1.90 bits per heavy atom. The number of hydrogen-bond acceptors (Lipinski definition) is 3. The molecule has 2 N–H and O–H groups in total. The van der Waals surface area contributed by atoms with Crippen LogP contribution >= 0.6 is 15.9 Å². The molecule has 1 aliphatic rings. The van der Waals surface area contributed by atoms with E-state index in [1.807, 2.05) is 0 Å². The van der Waals surface area contributed by atoms with Crippen molar-refractivity contribution < 1.29 is 18.0 Å². The number of rotatable bonds is 4. The van der Waals surface area contributed by atoms with Gasteiger partial charge in [0, 0.05) is 19.2 Å². The molecule has 3 aromatic rings. The van der Waals surface area contributed by atoms with Crippen molar-refractivity contribution >= 4 is 21.8 Å². The largest absolute Gasteiger partial charge is 0.347 e. The first kappa shape index (κ1) is 21.6. The lowest BCUT2D eigenvalue weighted by Gasteiger charge is -2.45. The lowest BCUT2D eigenvalue weighted by Crippen LogP contribution is -2.61. The average molecular weight is 493 g/mol. The second-order valence-corrected chi connectivity index (χ2v) is 8.39. The summed E-state index contributed by atoms with van der Waals surface area (Å²) in [4.78, 5) is 13.0. The molecule has 1 aromatic heterocycles.